The fourth-order valence-electron chi connectivity index (χ4n) is 2.75. The molecule has 0 unspecified atom stereocenters. The second kappa shape index (κ2) is 13.6. The monoisotopic (exact) mass is 439 g/mol. The van der Waals surface area contributed by atoms with E-state index in [0.29, 0.717) is 19.4 Å². The van der Waals surface area contributed by atoms with E-state index in [1.165, 1.54) is 12.1 Å². The van der Waals surface area contributed by atoms with Crippen molar-refractivity contribution in [2.45, 2.75) is 51.9 Å². The third-order valence-corrected chi connectivity index (χ3v) is 5.68. The molecule has 0 aliphatic carbocycles. The number of nitrogens with zero attached hydrogens (tertiary/aromatic N) is 1. The van der Waals surface area contributed by atoms with Crippen molar-refractivity contribution in [3.63, 3.8) is 0 Å². The molecule has 0 radical (unpaired) electrons. The molecule has 30 heavy (non-hydrogen) atoms. The lowest BCUT2D eigenvalue weighted by Crippen LogP contribution is -2.33. The highest BCUT2D eigenvalue weighted by molar-refractivity contribution is 7.92. The molecule has 0 saturated heterocycles. The van der Waals surface area contributed by atoms with Crippen molar-refractivity contribution in [3.05, 3.63) is 29.8 Å². The number of benzene rings is 1. The van der Waals surface area contributed by atoms with Crippen molar-refractivity contribution in [1.29, 1.82) is 0 Å². The van der Waals surface area contributed by atoms with Crippen LogP contribution in [0.4, 0.5) is 5.69 Å². The number of Topliss-reactive ketones (excluding diaryl/α,β-unsaturated/α-hetero) is 1. The van der Waals surface area contributed by atoms with Gasteiger partial charge in [-0.25, -0.2) is 8.42 Å². The van der Waals surface area contributed by atoms with Gasteiger partial charge in [0.15, 0.2) is 5.96 Å². The van der Waals surface area contributed by atoms with Gasteiger partial charge < -0.3 is 16.8 Å². The van der Waals surface area contributed by atoms with E-state index in [-0.39, 0.29) is 29.5 Å². The van der Waals surface area contributed by atoms with E-state index in [2.05, 4.69) is 22.0 Å². The molecule has 0 aromatic heterocycles. The third kappa shape index (κ3) is 10.2. The number of sulfonamides is 1. The standard InChI is InChI=1S/C20H33N5O4S/c1-2-3-4-5-6-9-15-30(28,29)25-17-12-8-7-11-16(17)18(26)19(27)23-13-10-14-24-20(21)22/h7-8,11-12,25H,2-6,9-10,13-15H2,1H3,(H,23,27)(H4,21,22,24). The number of ketones is 1. The van der Waals surface area contributed by atoms with Crippen molar-refractivity contribution in [2.24, 2.45) is 16.5 Å². The number of carbonyl (C=O) groups is 2. The highest BCUT2D eigenvalue weighted by Crippen LogP contribution is 2.18. The first-order valence-corrected chi connectivity index (χ1v) is 11.9. The Labute approximate surface area is 178 Å². The normalized spacial score (nSPS) is 11.0. The van der Waals surface area contributed by atoms with E-state index in [1.807, 2.05) is 0 Å². The van der Waals surface area contributed by atoms with Crippen LogP contribution in [-0.2, 0) is 14.8 Å². The number of unbranched alkanes of at least 4 members (excludes halogenated alkanes) is 5. The van der Waals surface area contributed by atoms with E-state index in [0.717, 1.165) is 32.1 Å². The van der Waals surface area contributed by atoms with E-state index in [1.54, 1.807) is 12.1 Å². The van der Waals surface area contributed by atoms with Gasteiger partial charge in [0.1, 0.15) is 0 Å². The lowest BCUT2D eigenvalue weighted by Gasteiger charge is -2.12. The van der Waals surface area contributed by atoms with E-state index in [4.69, 9.17) is 11.5 Å². The number of amides is 1. The number of hydrogen-bond donors (Lipinski definition) is 4. The Morgan fingerprint density at radius 1 is 1.00 bits per heavy atom. The van der Waals surface area contributed by atoms with Crippen LogP contribution in [0.25, 0.3) is 0 Å². The number of nitrogens with two attached hydrogens (primary N) is 2. The number of hydrogen-bond acceptors (Lipinski definition) is 5. The minimum atomic E-state index is -3.61. The summed E-state index contributed by atoms with van der Waals surface area (Å²) in [6.07, 6.45) is 6.23. The Morgan fingerprint density at radius 2 is 1.67 bits per heavy atom. The maximum atomic E-state index is 12.5. The van der Waals surface area contributed by atoms with Crippen molar-refractivity contribution in [1.82, 2.24) is 5.32 Å². The lowest BCUT2D eigenvalue weighted by molar-refractivity contribution is -0.117. The first kappa shape index (κ1) is 25.4. The van der Waals surface area contributed by atoms with Crippen molar-refractivity contribution < 1.29 is 18.0 Å². The van der Waals surface area contributed by atoms with Gasteiger partial charge >= 0.3 is 0 Å². The summed E-state index contributed by atoms with van der Waals surface area (Å²) in [5.74, 6) is -1.70. The van der Waals surface area contributed by atoms with Crippen LogP contribution in [0.1, 0.15) is 62.2 Å². The molecule has 10 heteroatoms. The molecule has 0 atom stereocenters. The smallest absolute Gasteiger partial charge is 0.292 e. The minimum Gasteiger partial charge on any atom is -0.370 e. The third-order valence-electron chi connectivity index (χ3n) is 4.32. The van der Waals surface area contributed by atoms with Gasteiger partial charge in [-0.05, 0) is 25.0 Å². The predicted octanol–water partition coefficient (Wildman–Crippen LogP) is 1.75. The highest BCUT2D eigenvalue weighted by Gasteiger charge is 2.21. The van der Waals surface area contributed by atoms with Gasteiger partial charge in [-0.2, -0.15) is 0 Å². The van der Waals surface area contributed by atoms with Crippen LogP contribution in [0.3, 0.4) is 0 Å². The Bertz CT molecular complexity index is 820. The Hall–Kier alpha value is -2.62. The number of para-hydroxylation sites is 1. The molecular formula is C20H33N5O4S. The van der Waals surface area contributed by atoms with Gasteiger partial charge in [0.25, 0.3) is 11.7 Å². The van der Waals surface area contributed by atoms with Gasteiger partial charge in [0, 0.05) is 13.1 Å². The summed E-state index contributed by atoms with van der Waals surface area (Å²) in [5, 5.41) is 2.49. The number of aliphatic imine (C=N–C) groups is 1. The Kier molecular flexibility index (Phi) is 11.5. The SMILES string of the molecule is CCCCCCCCS(=O)(=O)Nc1ccccc1C(=O)C(=O)NCCCN=C(N)N. The maximum absolute atomic E-state index is 12.5. The fourth-order valence-corrected chi connectivity index (χ4v) is 3.95. The molecule has 0 spiro atoms. The van der Waals surface area contributed by atoms with Crippen molar-refractivity contribution >= 4 is 33.4 Å². The second-order valence-corrected chi connectivity index (χ2v) is 8.82. The summed E-state index contributed by atoms with van der Waals surface area (Å²) in [5.41, 5.74) is 10.5. The summed E-state index contributed by atoms with van der Waals surface area (Å²) < 4.78 is 27.2. The lowest BCUT2D eigenvalue weighted by atomic mass is 10.1. The maximum Gasteiger partial charge on any atom is 0.292 e. The Morgan fingerprint density at radius 3 is 2.37 bits per heavy atom. The van der Waals surface area contributed by atoms with Crippen LogP contribution in [-0.4, -0.2) is 44.9 Å². The summed E-state index contributed by atoms with van der Waals surface area (Å²) in [4.78, 5) is 28.4. The average Bonchev–Trinajstić information content (AvgIpc) is 2.69. The van der Waals surface area contributed by atoms with Crippen molar-refractivity contribution in [2.75, 3.05) is 23.6 Å². The van der Waals surface area contributed by atoms with Crippen LogP contribution in [0.2, 0.25) is 0 Å². The zero-order valence-electron chi connectivity index (χ0n) is 17.5. The van der Waals surface area contributed by atoms with Crippen LogP contribution >= 0.6 is 0 Å². The summed E-state index contributed by atoms with van der Waals surface area (Å²) >= 11 is 0. The fraction of sp³-hybridized carbons (Fsp3) is 0.550. The van der Waals surface area contributed by atoms with Gasteiger partial charge in [0.05, 0.1) is 17.0 Å². The van der Waals surface area contributed by atoms with E-state index >= 15 is 0 Å². The first-order valence-electron chi connectivity index (χ1n) is 10.2. The second-order valence-electron chi connectivity index (χ2n) is 6.98. The molecule has 0 aliphatic rings. The number of guanidine groups is 1. The molecule has 0 bridgehead atoms. The average molecular weight is 440 g/mol. The molecule has 1 amide bonds. The zero-order chi connectivity index (χ0) is 22.4. The number of rotatable bonds is 15. The number of carbonyl (C=O) groups excluding carboxylic acids is 2. The van der Waals surface area contributed by atoms with Gasteiger partial charge in [-0.3, -0.25) is 19.3 Å². The quantitative estimate of drug-likeness (QED) is 0.107. The molecule has 1 aromatic rings. The summed E-state index contributed by atoms with van der Waals surface area (Å²) in [6, 6.07) is 6.07. The number of nitrogens with one attached hydrogen (secondary N) is 2. The molecule has 0 aliphatic heterocycles. The molecule has 9 nitrogen and oxygen atoms in total. The van der Waals surface area contributed by atoms with E-state index in [9.17, 15) is 18.0 Å². The van der Waals surface area contributed by atoms with Crippen LogP contribution in [0.15, 0.2) is 29.3 Å². The van der Waals surface area contributed by atoms with Gasteiger partial charge in [0.2, 0.25) is 10.0 Å². The van der Waals surface area contributed by atoms with Crippen LogP contribution in [0, 0.1) is 0 Å². The van der Waals surface area contributed by atoms with Crippen LogP contribution < -0.4 is 21.5 Å². The predicted molar refractivity (Wildman–Crippen MR) is 120 cm³/mol. The topological polar surface area (TPSA) is 157 Å². The molecule has 1 aromatic carbocycles. The zero-order valence-corrected chi connectivity index (χ0v) is 18.3. The van der Waals surface area contributed by atoms with Crippen LogP contribution in [0.5, 0.6) is 0 Å². The highest BCUT2D eigenvalue weighted by atomic mass is 32.2. The molecule has 0 heterocycles. The largest absolute Gasteiger partial charge is 0.370 e. The molecular weight excluding hydrogens is 406 g/mol. The molecule has 6 N–H and O–H groups in total. The van der Waals surface area contributed by atoms with Crippen molar-refractivity contribution in [3.8, 4) is 0 Å². The van der Waals surface area contributed by atoms with Gasteiger partial charge in [-0.1, -0.05) is 51.2 Å². The summed E-state index contributed by atoms with van der Waals surface area (Å²) in [6.45, 7) is 2.67. The first-order chi connectivity index (χ1) is 14.3. The molecule has 0 saturated carbocycles. The molecule has 0 fully saturated rings. The van der Waals surface area contributed by atoms with Gasteiger partial charge in [-0.15, -0.1) is 0 Å². The molecule has 1 rings (SSSR count). The Balaban J connectivity index is 2.62. The van der Waals surface area contributed by atoms with E-state index < -0.39 is 21.7 Å². The summed E-state index contributed by atoms with van der Waals surface area (Å²) in [7, 11) is -3.61. The minimum absolute atomic E-state index is 0.00532. The molecule has 168 valence electrons. The number of anilines is 1.